The minimum absolute atomic E-state index is 0.192. The lowest BCUT2D eigenvalue weighted by atomic mass is 9.98. The van der Waals surface area contributed by atoms with E-state index in [1.807, 2.05) is 23.3 Å². The van der Waals surface area contributed by atoms with Crippen LogP contribution in [0.15, 0.2) is 24.3 Å². The van der Waals surface area contributed by atoms with Gasteiger partial charge >= 0.3 is 0 Å². The first-order chi connectivity index (χ1) is 14.3. The van der Waals surface area contributed by atoms with Crippen molar-refractivity contribution in [3.8, 4) is 5.75 Å². The molecule has 2 amide bonds. The molecular formula is C23H26FN3O3. The van der Waals surface area contributed by atoms with E-state index in [-0.39, 0.29) is 40.2 Å². The number of carbonyl (C=O) groups is 2. The molecule has 0 spiro atoms. The molecular weight excluding hydrogens is 385 g/mol. The van der Waals surface area contributed by atoms with Gasteiger partial charge in [0.05, 0.1) is 5.54 Å². The van der Waals surface area contributed by atoms with Crippen molar-refractivity contribution in [3.63, 3.8) is 0 Å². The number of hydrogen-bond acceptors (Lipinski definition) is 3. The summed E-state index contributed by atoms with van der Waals surface area (Å²) < 4.78 is 15.0. The minimum atomic E-state index is -0.375. The number of aromatic nitrogens is 1. The molecule has 1 aromatic heterocycles. The Hall–Kier alpha value is -2.83. The number of aromatic hydroxyl groups is 1. The highest BCUT2D eigenvalue weighted by molar-refractivity contribution is 6.06. The lowest BCUT2D eigenvalue weighted by Crippen LogP contribution is -2.55. The molecule has 1 saturated carbocycles. The molecule has 3 heterocycles. The summed E-state index contributed by atoms with van der Waals surface area (Å²) in [7, 11) is 0. The van der Waals surface area contributed by atoms with Crippen molar-refractivity contribution >= 4 is 11.8 Å². The maximum absolute atomic E-state index is 13.3. The second-order valence-electron chi connectivity index (χ2n) is 9.38. The Balaban J connectivity index is 1.48. The molecule has 0 atom stereocenters. The quantitative estimate of drug-likeness (QED) is 0.841. The van der Waals surface area contributed by atoms with E-state index in [0.29, 0.717) is 38.5 Å². The third-order valence-electron chi connectivity index (χ3n) is 6.61. The first-order valence-electron chi connectivity index (χ1n) is 10.6. The maximum atomic E-state index is 13.3. The molecule has 30 heavy (non-hydrogen) atoms. The van der Waals surface area contributed by atoms with E-state index in [1.165, 1.54) is 12.1 Å². The minimum Gasteiger partial charge on any atom is -0.505 e. The van der Waals surface area contributed by atoms with Crippen LogP contribution in [0.2, 0.25) is 0 Å². The Morgan fingerprint density at radius 1 is 1.13 bits per heavy atom. The van der Waals surface area contributed by atoms with Gasteiger partial charge in [0.15, 0.2) is 11.4 Å². The number of fused-ring (bicyclic) bond motifs is 3. The monoisotopic (exact) mass is 411 g/mol. The molecule has 0 unspecified atom stereocenters. The number of amides is 2. The Morgan fingerprint density at radius 3 is 2.50 bits per heavy atom. The first kappa shape index (κ1) is 19.2. The van der Waals surface area contributed by atoms with Gasteiger partial charge in [-0.1, -0.05) is 12.1 Å². The largest absolute Gasteiger partial charge is 0.505 e. The van der Waals surface area contributed by atoms with Crippen molar-refractivity contribution in [2.24, 2.45) is 5.92 Å². The molecule has 5 rings (SSSR count). The normalized spacial score (nSPS) is 20.4. The fourth-order valence-electron chi connectivity index (χ4n) is 4.75. The average Bonchev–Trinajstić information content (AvgIpc) is 3.47. The highest BCUT2D eigenvalue weighted by atomic mass is 19.1. The van der Waals surface area contributed by atoms with Crippen LogP contribution < -0.4 is 0 Å². The van der Waals surface area contributed by atoms with Crippen molar-refractivity contribution in [3.05, 3.63) is 52.6 Å². The second kappa shape index (κ2) is 6.59. The molecule has 0 saturated heterocycles. The van der Waals surface area contributed by atoms with E-state index in [2.05, 4.69) is 0 Å². The van der Waals surface area contributed by atoms with Crippen molar-refractivity contribution in [1.29, 1.82) is 0 Å². The standard InChI is InChI=1S/C23H26FN3O3/c1-23(2)13-26-17-9-10-25(11-14-5-7-16(24)8-6-14)21(29)18(17)20(28)19(26)22(30)27(23)12-15-3-4-15/h5-8,15,28H,3-4,9-13H2,1-2H3. The zero-order valence-corrected chi connectivity index (χ0v) is 17.3. The first-order valence-corrected chi connectivity index (χ1v) is 10.6. The summed E-state index contributed by atoms with van der Waals surface area (Å²) in [5.74, 6) is -0.442. The summed E-state index contributed by atoms with van der Waals surface area (Å²) in [5.41, 5.74) is 1.69. The fraction of sp³-hybridized carbons (Fsp3) is 0.478. The summed E-state index contributed by atoms with van der Waals surface area (Å²) in [5, 5.41) is 11.0. The molecule has 2 aromatic rings. The summed E-state index contributed by atoms with van der Waals surface area (Å²) in [6.07, 6.45) is 2.85. The van der Waals surface area contributed by atoms with Crippen LogP contribution in [0.3, 0.4) is 0 Å². The molecule has 1 N–H and O–H groups in total. The molecule has 2 aliphatic heterocycles. The Bertz CT molecular complexity index is 1040. The van der Waals surface area contributed by atoms with Crippen LogP contribution in [-0.4, -0.2) is 49.9 Å². The average molecular weight is 411 g/mol. The summed E-state index contributed by atoms with van der Waals surface area (Å²) in [6, 6.07) is 6.06. The van der Waals surface area contributed by atoms with Gasteiger partial charge in [0.1, 0.15) is 11.4 Å². The van der Waals surface area contributed by atoms with Gasteiger partial charge in [0, 0.05) is 38.3 Å². The van der Waals surface area contributed by atoms with E-state index in [4.69, 9.17) is 0 Å². The molecule has 7 heteroatoms. The number of rotatable bonds is 4. The van der Waals surface area contributed by atoms with Gasteiger partial charge in [-0.3, -0.25) is 9.59 Å². The predicted molar refractivity (Wildman–Crippen MR) is 109 cm³/mol. The summed E-state index contributed by atoms with van der Waals surface area (Å²) >= 11 is 0. The number of carbonyl (C=O) groups excluding carboxylic acids is 2. The van der Waals surface area contributed by atoms with E-state index in [0.717, 1.165) is 24.1 Å². The molecule has 3 aliphatic rings. The number of halogens is 1. The van der Waals surface area contributed by atoms with Crippen molar-refractivity contribution in [1.82, 2.24) is 14.4 Å². The molecule has 0 bridgehead atoms. The fourth-order valence-corrected chi connectivity index (χ4v) is 4.75. The summed E-state index contributed by atoms with van der Waals surface area (Å²) in [4.78, 5) is 30.1. The van der Waals surface area contributed by atoms with Gasteiger partial charge in [0.2, 0.25) is 0 Å². The van der Waals surface area contributed by atoms with Gasteiger partial charge in [-0.15, -0.1) is 0 Å². The smallest absolute Gasteiger partial charge is 0.274 e. The highest BCUT2D eigenvalue weighted by Crippen LogP contribution is 2.42. The lowest BCUT2D eigenvalue weighted by Gasteiger charge is -2.43. The Morgan fingerprint density at radius 2 is 1.83 bits per heavy atom. The molecule has 0 radical (unpaired) electrons. The van der Waals surface area contributed by atoms with Crippen molar-refractivity contribution in [2.45, 2.75) is 51.7 Å². The molecule has 1 aliphatic carbocycles. The Labute approximate surface area is 174 Å². The van der Waals surface area contributed by atoms with Crippen LogP contribution in [0.5, 0.6) is 5.75 Å². The zero-order valence-electron chi connectivity index (χ0n) is 17.3. The molecule has 1 fully saturated rings. The van der Waals surface area contributed by atoms with Crippen LogP contribution in [0.4, 0.5) is 4.39 Å². The topological polar surface area (TPSA) is 65.8 Å². The van der Waals surface area contributed by atoms with Crippen LogP contribution in [0, 0.1) is 11.7 Å². The summed E-state index contributed by atoms with van der Waals surface area (Å²) in [6.45, 7) is 6.19. The second-order valence-corrected chi connectivity index (χ2v) is 9.38. The number of benzene rings is 1. The van der Waals surface area contributed by atoms with Gasteiger partial charge in [-0.05, 0) is 50.3 Å². The molecule has 1 aromatic carbocycles. The lowest BCUT2D eigenvalue weighted by molar-refractivity contribution is 0.0390. The highest BCUT2D eigenvalue weighted by Gasteiger charge is 2.46. The van der Waals surface area contributed by atoms with Crippen LogP contribution in [-0.2, 0) is 19.5 Å². The molecule has 6 nitrogen and oxygen atoms in total. The van der Waals surface area contributed by atoms with Gasteiger partial charge < -0.3 is 19.5 Å². The van der Waals surface area contributed by atoms with Crippen LogP contribution in [0.25, 0.3) is 0 Å². The van der Waals surface area contributed by atoms with E-state index in [9.17, 15) is 19.1 Å². The third kappa shape index (κ3) is 2.99. The van der Waals surface area contributed by atoms with Crippen LogP contribution in [0.1, 0.15) is 58.8 Å². The SMILES string of the molecule is CC1(C)Cn2c3c(c(O)c2C(=O)N1CC1CC1)C(=O)N(Cc1ccc(F)cc1)CC3. The number of nitrogens with zero attached hydrogens (tertiary/aromatic N) is 3. The van der Waals surface area contributed by atoms with Crippen molar-refractivity contribution in [2.75, 3.05) is 13.1 Å². The van der Waals surface area contributed by atoms with E-state index in [1.54, 1.807) is 17.0 Å². The zero-order chi connectivity index (χ0) is 21.2. The number of hydrogen-bond donors (Lipinski definition) is 1. The Kier molecular flexibility index (Phi) is 4.21. The maximum Gasteiger partial charge on any atom is 0.274 e. The van der Waals surface area contributed by atoms with Gasteiger partial charge in [0.25, 0.3) is 11.8 Å². The van der Waals surface area contributed by atoms with Gasteiger partial charge in [-0.2, -0.15) is 0 Å². The van der Waals surface area contributed by atoms with Gasteiger partial charge in [-0.25, -0.2) is 4.39 Å². The van der Waals surface area contributed by atoms with Crippen LogP contribution >= 0.6 is 0 Å². The van der Waals surface area contributed by atoms with Crippen molar-refractivity contribution < 1.29 is 19.1 Å². The molecule has 158 valence electrons. The van der Waals surface area contributed by atoms with E-state index >= 15 is 0 Å². The van der Waals surface area contributed by atoms with E-state index < -0.39 is 0 Å². The predicted octanol–water partition coefficient (Wildman–Crippen LogP) is 3.18. The third-order valence-corrected chi connectivity index (χ3v) is 6.61.